The number of hydrazone groups is 1. The lowest BCUT2D eigenvalue weighted by Crippen LogP contribution is -2.40. The molecule has 0 aliphatic carbocycles. The van der Waals surface area contributed by atoms with E-state index >= 15 is 0 Å². The van der Waals surface area contributed by atoms with Crippen LogP contribution in [0.15, 0.2) is 72.2 Å². The second kappa shape index (κ2) is 10.8. The highest BCUT2D eigenvalue weighted by molar-refractivity contribution is 6.03. The van der Waals surface area contributed by atoms with Crippen molar-refractivity contribution >= 4 is 11.7 Å². The maximum absolute atomic E-state index is 14.2. The number of pyridine rings is 2. The number of nitrogen functional groups attached to an aromatic ring is 1. The van der Waals surface area contributed by atoms with Gasteiger partial charge in [0.05, 0.1) is 17.8 Å². The van der Waals surface area contributed by atoms with E-state index in [0.29, 0.717) is 12.1 Å². The number of nitrogens with zero attached hydrogens (tertiary/aromatic N) is 4. The first-order chi connectivity index (χ1) is 14.4. The Morgan fingerprint density at radius 3 is 2.50 bits per heavy atom. The molecule has 0 amide bonds. The van der Waals surface area contributed by atoms with Crippen LogP contribution in [0.25, 0.3) is 11.1 Å². The number of amidine groups is 1. The van der Waals surface area contributed by atoms with Gasteiger partial charge in [-0.15, -0.1) is 0 Å². The predicted octanol–water partition coefficient (Wildman–Crippen LogP) is 2.26. The Bertz CT molecular complexity index is 967. The number of hydrazine groups is 1. The fourth-order valence-electron chi connectivity index (χ4n) is 2.52. The van der Waals surface area contributed by atoms with Gasteiger partial charge in [-0.1, -0.05) is 30.9 Å². The molecule has 2 heterocycles. The summed E-state index contributed by atoms with van der Waals surface area (Å²) in [5.41, 5.74) is 13.9. The van der Waals surface area contributed by atoms with E-state index in [2.05, 4.69) is 21.6 Å². The van der Waals surface area contributed by atoms with E-state index in [4.69, 9.17) is 23.2 Å². The summed E-state index contributed by atoms with van der Waals surface area (Å²) in [6.45, 7) is 3.18. The van der Waals surface area contributed by atoms with Gasteiger partial charge in [0.25, 0.3) is 0 Å². The molecule has 10 heteroatoms. The maximum atomic E-state index is 14.2. The van der Waals surface area contributed by atoms with Crippen molar-refractivity contribution in [2.75, 3.05) is 12.3 Å². The number of nitrogens with two attached hydrogens (primary N) is 4. The molecule has 30 heavy (non-hydrogen) atoms. The van der Waals surface area contributed by atoms with Gasteiger partial charge in [0.15, 0.2) is 11.7 Å². The first-order valence-corrected chi connectivity index (χ1v) is 8.93. The van der Waals surface area contributed by atoms with Gasteiger partial charge in [0.1, 0.15) is 11.6 Å². The molecule has 0 atom stereocenters. The van der Waals surface area contributed by atoms with Crippen molar-refractivity contribution in [2.24, 2.45) is 22.5 Å². The van der Waals surface area contributed by atoms with Crippen LogP contribution in [0.4, 0.5) is 14.6 Å². The van der Waals surface area contributed by atoms with Crippen molar-refractivity contribution in [1.29, 1.82) is 0 Å². The van der Waals surface area contributed by atoms with Crippen molar-refractivity contribution in [3.8, 4) is 11.1 Å². The van der Waals surface area contributed by atoms with Crippen LogP contribution in [0, 0.1) is 0 Å². The molecule has 2 aromatic heterocycles. The van der Waals surface area contributed by atoms with Crippen molar-refractivity contribution in [3.05, 3.63) is 78.3 Å². The lowest BCUT2D eigenvalue weighted by molar-refractivity contribution is 0.402. The summed E-state index contributed by atoms with van der Waals surface area (Å²) in [4.78, 5) is 8.35. The van der Waals surface area contributed by atoms with Gasteiger partial charge in [-0.05, 0) is 12.1 Å². The first kappa shape index (κ1) is 22.7. The molecule has 0 aliphatic rings. The summed E-state index contributed by atoms with van der Waals surface area (Å²) >= 11 is 0. The lowest BCUT2D eigenvalue weighted by Gasteiger charge is -2.20. The maximum Gasteiger partial charge on any atom is 0.173 e. The summed E-state index contributed by atoms with van der Waals surface area (Å²) in [5.74, 6) is 9.33. The fourth-order valence-corrected chi connectivity index (χ4v) is 2.52. The Morgan fingerprint density at radius 2 is 1.90 bits per heavy atom. The molecular formula is C20H24F2N8. The molecule has 0 bridgehead atoms. The third kappa shape index (κ3) is 5.69. The summed E-state index contributed by atoms with van der Waals surface area (Å²) in [6.07, 6.45) is 7.34. The molecule has 8 nitrogen and oxygen atoms in total. The standard InChI is InChI=1S/C20H24F2N8/c1-2-3-4-5-17(21)18(22)12-30(26)20(29-25)16-8-14(11-28-19(16)24)13-6-7-15(9-23)27-10-13/h2-4,6-8,10-11H,1,5,9,12,23,25-26H2,(H2,24,28)/b4-3-,18-17-,29-20-. The fraction of sp³-hybridized carbons (Fsp3) is 0.150. The zero-order chi connectivity index (χ0) is 22.1. The minimum absolute atomic E-state index is 0.0574. The van der Waals surface area contributed by atoms with Crippen molar-refractivity contribution in [3.63, 3.8) is 0 Å². The molecule has 0 fully saturated rings. The van der Waals surface area contributed by atoms with Gasteiger partial charge < -0.3 is 17.3 Å². The van der Waals surface area contributed by atoms with Crippen LogP contribution >= 0.6 is 0 Å². The zero-order valence-electron chi connectivity index (χ0n) is 16.3. The van der Waals surface area contributed by atoms with E-state index < -0.39 is 18.2 Å². The first-order valence-electron chi connectivity index (χ1n) is 8.93. The average Bonchev–Trinajstić information content (AvgIpc) is 2.75. The molecule has 8 N–H and O–H groups in total. The summed E-state index contributed by atoms with van der Waals surface area (Å²) in [6, 6.07) is 5.24. The van der Waals surface area contributed by atoms with E-state index in [1.807, 2.05) is 6.07 Å². The average molecular weight is 414 g/mol. The van der Waals surface area contributed by atoms with Gasteiger partial charge >= 0.3 is 0 Å². The molecule has 0 saturated heterocycles. The minimum Gasteiger partial charge on any atom is -0.383 e. The second-order valence-electron chi connectivity index (χ2n) is 6.16. The van der Waals surface area contributed by atoms with E-state index in [1.54, 1.807) is 24.5 Å². The molecule has 2 aromatic rings. The summed E-state index contributed by atoms with van der Waals surface area (Å²) in [5, 5.41) is 4.46. The normalized spacial score (nSPS) is 12.7. The number of hydrogen-bond acceptors (Lipinski definition) is 7. The number of aromatic nitrogens is 2. The quantitative estimate of drug-likeness (QED) is 0.170. The Labute approximate surface area is 173 Å². The molecular weight excluding hydrogens is 390 g/mol. The van der Waals surface area contributed by atoms with Crippen LogP contribution in [0.1, 0.15) is 17.7 Å². The van der Waals surface area contributed by atoms with Crippen LogP contribution in [-0.2, 0) is 6.54 Å². The SMILES string of the molecule is C=C/C=C\C/C(F)=C(/F)CN(N)/C(=N\N)c1cc(-c2ccc(CN)nc2)cnc1N. The molecule has 0 spiro atoms. The largest absolute Gasteiger partial charge is 0.383 e. The molecule has 0 unspecified atom stereocenters. The molecule has 0 aliphatic heterocycles. The molecule has 0 saturated carbocycles. The Morgan fingerprint density at radius 1 is 1.17 bits per heavy atom. The van der Waals surface area contributed by atoms with E-state index in [-0.39, 0.29) is 23.6 Å². The van der Waals surface area contributed by atoms with Crippen LogP contribution in [0.3, 0.4) is 0 Å². The molecule has 158 valence electrons. The third-order valence-corrected chi connectivity index (χ3v) is 4.09. The smallest absolute Gasteiger partial charge is 0.173 e. The van der Waals surface area contributed by atoms with Gasteiger partial charge in [0.2, 0.25) is 0 Å². The Hall–Kier alpha value is -3.63. The second-order valence-corrected chi connectivity index (χ2v) is 6.16. The Balaban J connectivity index is 2.29. The third-order valence-electron chi connectivity index (χ3n) is 4.09. The van der Waals surface area contributed by atoms with Crippen molar-refractivity contribution in [1.82, 2.24) is 15.0 Å². The number of allylic oxidation sites excluding steroid dienone is 4. The number of rotatable bonds is 8. The number of anilines is 1. The van der Waals surface area contributed by atoms with Crippen molar-refractivity contribution < 1.29 is 8.78 Å². The van der Waals surface area contributed by atoms with Gasteiger partial charge in [-0.2, -0.15) is 5.10 Å². The summed E-state index contributed by atoms with van der Waals surface area (Å²) < 4.78 is 28.1. The van der Waals surface area contributed by atoms with Crippen LogP contribution in [0.5, 0.6) is 0 Å². The highest BCUT2D eigenvalue weighted by Crippen LogP contribution is 2.23. The van der Waals surface area contributed by atoms with E-state index in [0.717, 1.165) is 16.3 Å². The van der Waals surface area contributed by atoms with Gasteiger partial charge in [-0.25, -0.2) is 19.6 Å². The van der Waals surface area contributed by atoms with Crippen LogP contribution in [-0.4, -0.2) is 27.4 Å². The monoisotopic (exact) mass is 414 g/mol. The van der Waals surface area contributed by atoms with E-state index in [1.165, 1.54) is 18.2 Å². The minimum atomic E-state index is -1.06. The van der Waals surface area contributed by atoms with Crippen LogP contribution < -0.4 is 23.2 Å². The summed E-state index contributed by atoms with van der Waals surface area (Å²) in [7, 11) is 0. The van der Waals surface area contributed by atoms with E-state index in [9.17, 15) is 8.78 Å². The zero-order valence-corrected chi connectivity index (χ0v) is 16.3. The molecule has 0 radical (unpaired) electrons. The highest BCUT2D eigenvalue weighted by atomic mass is 19.2. The van der Waals surface area contributed by atoms with Gasteiger partial charge in [0, 0.05) is 36.5 Å². The van der Waals surface area contributed by atoms with Crippen LogP contribution in [0.2, 0.25) is 0 Å². The number of halogens is 2. The number of hydrogen-bond donors (Lipinski definition) is 4. The molecule has 2 rings (SSSR count). The molecule has 0 aromatic carbocycles. The predicted molar refractivity (Wildman–Crippen MR) is 115 cm³/mol. The Kier molecular flexibility index (Phi) is 8.15. The highest BCUT2D eigenvalue weighted by Gasteiger charge is 2.18. The lowest BCUT2D eigenvalue weighted by atomic mass is 10.1. The van der Waals surface area contributed by atoms with Crippen molar-refractivity contribution in [2.45, 2.75) is 13.0 Å². The van der Waals surface area contributed by atoms with Gasteiger partial charge in [-0.3, -0.25) is 9.99 Å². The topological polar surface area (TPSA) is 145 Å².